The van der Waals surface area contributed by atoms with Crippen LogP contribution < -0.4 is 0 Å². The third-order valence-electron chi connectivity index (χ3n) is 3.97. The summed E-state index contributed by atoms with van der Waals surface area (Å²) in [6.07, 6.45) is 5.43. The van der Waals surface area contributed by atoms with Crippen molar-refractivity contribution in [1.82, 2.24) is 19.7 Å². The van der Waals surface area contributed by atoms with E-state index < -0.39 is 5.60 Å². The molecule has 2 aromatic rings. The molecule has 1 aliphatic rings. The molecule has 1 aliphatic heterocycles. The predicted molar refractivity (Wildman–Crippen MR) is 91.4 cm³/mol. The Bertz CT molecular complexity index is 691. The molecule has 128 valence electrons. The molecule has 3 rings (SSSR count). The minimum atomic E-state index is -0.470. The van der Waals surface area contributed by atoms with E-state index in [1.807, 2.05) is 60.8 Å². The largest absolute Gasteiger partial charge is 0.444 e. The van der Waals surface area contributed by atoms with Crippen LogP contribution in [0.1, 0.15) is 33.6 Å². The Labute approximate surface area is 142 Å². The molecule has 2 aromatic heterocycles. The van der Waals surface area contributed by atoms with Crippen molar-refractivity contribution >= 4 is 6.09 Å². The Balaban J connectivity index is 1.67. The van der Waals surface area contributed by atoms with Gasteiger partial charge in [0.1, 0.15) is 11.3 Å². The summed E-state index contributed by atoms with van der Waals surface area (Å²) in [6.45, 7) is 7.09. The molecule has 1 atom stereocenters. The van der Waals surface area contributed by atoms with Crippen molar-refractivity contribution in [2.24, 2.45) is 0 Å². The lowest BCUT2D eigenvalue weighted by atomic mass is 10.2. The zero-order valence-electron chi connectivity index (χ0n) is 14.5. The van der Waals surface area contributed by atoms with Gasteiger partial charge in [-0.25, -0.2) is 4.79 Å². The molecule has 6 heteroatoms. The van der Waals surface area contributed by atoms with Gasteiger partial charge in [0.2, 0.25) is 0 Å². The number of aromatic nitrogens is 3. The molecule has 1 saturated heterocycles. The van der Waals surface area contributed by atoms with E-state index in [2.05, 4.69) is 10.1 Å². The molecule has 0 aliphatic carbocycles. The second-order valence-electron chi connectivity index (χ2n) is 7.11. The fourth-order valence-electron chi connectivity index (χ4n) is 2.92. The maximum atomic E-state index is 12.4. The highest BCUT2D eigenvalue weighted by Gasteiger charge is 2.32. The van der Waals surface area contributed by atoms with Crippen molar-refractivity contribution in [3.05, 3.63) is 36.7 Å². The Morgan fingerprint density at radius 1 is 1.29 bits per heavy atom. The number of carbonyl (C=O) groups excluding carboxylic acids is 1. The number of hydrogen-bond donors (Lipinski definition) is 0. The molecular formula is C18H24N4O2. The number of amides is 1. The number of pyridine rings is 1. The average molecular weight is 328 g/mol. The molecule has 0 saturated carbocycles. The third kappa shape index (κ3) is 3.93. The van der Waals surface area contributed by atoms with Gasteiger partial charge in [-0.1, -0.05) is 6.07 Å². The van der Waals surface area contributed by atoms with Gasteiger partial charge < -0.3 is 9.64 Å². The van der Waals surface area contributed by atoms with Crippen LogP contribution >= 0.6 is 0 Å². The van der Waals surface area contributed by atoms with Crippen molar-refractivity contribution in [3.8, 4) is 11.4 Å². The molecule has 0 N–H and O–H groups in total. The summed E-state index contributed by atoms with van der Waals surface area (Å²) in [6, 6.07) is 7.85. The van der Waals surface area contributed by atoms with Gasteiger partial charge in [-0.05, 0) is 51.8 Å². The fraction of sp³-hybridized carbons (Fsp3) is 0.500. The van der Waals surface area contributed by atoms with Crippen LogP contribution in [0.4, 0.5) is 4.79 Å². The van der Waals surface area contributed by atoms with Gasteiger partial charge in [-0.2, -0.15) is 5.10 Å². The second-order valence-corrected chi connectivity index (χ2v) is 7.11. The van der Waals surface area contributed by atoms with E-state index >= 15 is 0 Å². The molecule has 0 aromatic carbocycles. The van der Waals surface area contributed by atoms with E-state index in [1.54, 1.807) is 6.20 Å². The van der Waals surface area contributed by atoms with Crippen LogP contribution in [0, 0.1) is 0 Å². The highest BCUT2D eigenvalue weighted by atomic mass is 16.6. The van der Waals surface area contributed by atoms with Crippen LogP contribution in [0.25, 0.3) is 11.4 Å². The zero-order chi connectivity index (χ0) is 17.2. The fourth-order valence-corrected chi connectivity index (χ4v) is 2.92. The maximum Gasteiger partial charge on any atom is 0.410 e. The van der Waals surface area contributed by atoms with Crippen LogP contribution in [-0.2, 0) is 11.3 Å². The molecule has 6 nitrogen and oxygen atoms in total. The van der Waals surface area contributed by atoms with Crippen molar-refractivity contribution in [2.75, 3.05) is 6.54 Å². The first-order valence-corrected chi connectivity index (χ1v) is 8.37. The Kier molecular flexibility index (Phi) is 4.55. The number of likely N-dealkylation sites (tertiary alicyclic amines) is 1. The molecule has 3 heterocycles. The van der Waals surface area contributed by atoms with Crippen molar-refractivity contribution in [3.63, 3.8) is 0 Å². The van der Waals surface area contributed by atoms with E-state index in [0.717, 1.165) is 30.8 Å². The van der Waals surface area contributed by atoms with E-state index in [4.69, 9.17) is 4.74 Å². The quantitative estimate of drug-likeness (QED) is 0.867. The van der Waals surface area contributed by atoms with Gasteiger partial charge in [-0.3, -0.25) is 9.67 Å². The highest BCUT2D eigenvalue weighted by Crippen LogP contribution is 2.22. The van der Waals surface area contributed by atoms with Crippen LogP contribution in [0.3, 0.4) is 0 Å². The normalized spacial score (nSPS) is 18.0. The number of nitrogens with zero attached hydrogens (tertiary/aromatic N) is 4. The predicted octanol–water partition coefficient (Wildman–Crippen LogP) is 3.34. The third-order valence-corrected chi connectivity index (χ3v) is 3.97. The number of ether oxygens (including phenoxy) is 1. The topological polar surface area (TPSA) is 60.2 Å². The zero-order valence-corrected chi connectivity index (χ0v) is 14.5. The summed E-state index contributed by atoms with van der Waals surface area (Å²) in [5.41, 5.74) is 1.23. The first-order chi connectivity index (χ1) is 11.4. The van der Waals surface area contributed by atoms with Gasteiger partial charge >= 0.3 is 6.09 Å². The lowest BCUT2D eigenvalue weighted by Gasteiger charge is -2.28. The molecular weight excluding hydrogens is 304 g/mol. The number of carbonyl (C=O) groups is 1. The first kappa shape index (κ1) is 16.5. The van der Waals surface area contributed by atoms with Gasteiger partial charge in [0.05, 0.1) is 18.3 Å². The van der Waals surface area contributed by atoms with Gasteiger partial charge in [0.15, 0.2) is 0 Å². The first-order valence-electron chi connectivity index (χ1n) is 8.37. The standard InChI is InChI=1S/C18H24N4O2/c1-18(2,3)24-17(23)22-11-6-7-14(22)13-21-12-9-16(20-21)15-8-4-5-10-19-15/h4-5,8-10,12,14H,6-7,11,13H2,1-3H3/t14-/m0/s1. The molecule has 0 unspecified atom stereocenters. The molecule has 24 heavy (non-hydrogen) atoms. The SMILES string of the molecule is CC(C)(C)OC(=O)N1CCC[C@H]1Cn1ccc(-c2ccccn2)n1. The Morgan fingerprint density at radius 2 is 2.12 bits per heavy atom. The highest BCUT2D eigenvalue weighted by molar-refractivity contribution is 5.68. The van der Waals surface area contributed by atoms with Gasteiger partial charge in [0, 0.05) is 18.9 Å². The summed E-state index contributed by atoms with van der Waals surface area (Å²) in [4.78, 5) is 18.5. The smallest absolute Gasteiger partial charge is 0.410 e. The molecule has 1 fully saturated rings. The van der Waals surface area contributed by atoms with Crippen LogP contribution in [0.2, 0.25) is 0 Å². The molecule has 0 bridgehead atoms. The summed E-state index contributed by atoms with van der Waals surface area (Å²) >= 11 is 0. The van der Waals surface area contributed by atoms with Gasteiger partial charge in [0.25, 0.3) is 0 Å². The second kappa shape index (κ2) is 6.63. The molecule has 1 amide bonds. The van der Waals surface area contributed by atoms with Crippen molar-refractivity contribution < 1.29 is 9.53 Å². The van der Waals surface area contributed by atoms with Crippen LogP contribution in [0.5, 0.6) is 0 Å². The molecule has 0 radical (unpaired) electrons. The number of rotatable bonds is 3. The summed E-state index contributed by atoms with van der Waals surface area (Å²) in [5.74, 6) is 0. The summed E-state index contributed by atoms with van der Waals surface area (Å²) in [5, 5.41) is 4.59. The van der Waals surface area contributed by atoms with E-state index in [-0.39, 0.29) is 12.1 Å². The Hall–Kier alpha value is -2.37. The minimum Gasteiger partial charge on any atom is -0.444 e. The van der Waals surface area contributed by atoms with Crippen molar-refractivity contribution in [1.29, 1.82) is 0 Å². The minimum absolute atomic E-state index is 0.122. The maximum absolute atomic E-state index is 12.4. The van der Waals surface area contributed by atoms with E-state index in [1.165, 1.54) is 0 Å². The lowest BCUT2D eigenvalue weighted by molar-refractivity contribution is 0.0212. The van der Waals surface area contributed by atoms with E-state index in [9.17, 15) is 4.79 Å². The number of hydrogen-bond acceptors (Lipinski definition) is 4. The Morgan fingerprint density at radius 3 is 2.83 bits per heavy atom. The monoisotopic (exact) mass is 328 g/mol. The average Bonchev–Trinajstić information content (AvgIpc) is 3.16. The summed E-state index contributed by atoms with van der Waals surface area (Å²) < 4.78 is 7.40. The van der Waals surface area contributed by atoms with E-state index in [0.29, 0.717) is 6.54 Å². The van der Waals surface area contributed by atoms with Gasteiger partial charge in [-0.15, -0.1) is 0 Å². The molecule has 0 spiro atoms. The van der Waals surface area contributed by atoms with Crippen molar-refractivity contribution in [2.45, 2.75) is 51.8 Å². The lowest BCUT2D eigenvalue weighted by Crippen LogP contribution is -2.41. The summed E-state index contributed by atoms with van der Waals surface area (Å²) in [7, 11) is 0. The van der Waals surface area contributed by atoms with Crippen LogP contribution in [0.15, 0.2) is 36.7 Å². The van der Waals surface area contributed by atoms with Crippen LogP contribution in [-0.4, -0.2) is 43.9 Å².